The maximum Gasteiger partial charge on any atom is 0.230 e. The van der Waals surface area contributed by atoms with E-state index in [1.54, 1.807) is 18.4 Å². The van der Waals surface area contributed by atoms with Gasteiger partial charge in [0.2, 0.25) is 5.91 Å². The third kappa shape index (κ3) is 3.07. The van der Waals surface area contributed by atoms with Crippen molar-refractivity contribution in [2.24, 2.45) is 5.92 Å². The van der Waals surface area contributed by atoms with Gasteiger partial charge in [0.1, 0.15) is 5.75 Å². The zero-order valence-electron chi connectivity index (χ0n) is 12.6. The molecule has 1 amide bonds. The zero-order chi connectivity index (χ0) is 15.4. The number of ether oxygens (including phenoxy) is 1. The summed E-state index contributed by atoms with van der Waals surface area (Å²) >= 11 is 1.68. The number of carbonyl (C=O) groups excluding carboxylic acids is 1. The average molecular weight is 313 g/mol. The molecule has 1 unspecified atom stereocenters. The molecule has 1 aliphatic rings. The van der Waals surface area contributed by atoms with Gasteiger partial charge in [0.05, 0.1) is 12.8 Å². The summed E-state index contributed by atoms with van der Waals surface area (Å²) in [5.41, 5.74) is 2.08. The molecule has 1 saturated heterocycles. The maximum absolute atomic E-state index is 12.6. The summed E-state index contributed by atoms with van der Waals surface area (Å²) in [5.74, 6) is 1.02. The van der Waals surface area contributed by atoms with Gasteiger partial charge in [-0.05, 0) is 47.4 Å². The van der Waals surface area contributed by atoms with Crippen molar-refractivity contribution >= 4 is 29.0 Å². The molecule has 22 heavy (non-hydrogen) atoms. The molecule has 0 saturated carbocycles. The van der Waals surface area contributed by atoms with E-state index in [1.165, 1.54) is 5.56 Å². The molecule has 0 aliphatic carbocycles. The third-order valence-corrected chi connectivity index (χ3v) is 4.67. The zero-order valence-corrected chi connectivity index (χ0v) is 13.4. The Hall–Kier alpha value is -2.07. The van der Waals surface area contributed by atoms with Gasteiger partial charge >= 0.3 is 0 Å². The molecule has 1 aliphatic heterocycles. The van der Waals surface area contributed by atoms with E-state index >= 15 is 0 Å². The Morgan fingerprint density at radius 2 is 2.23 bits per heavy atom. The van der Waals surface area contributed by atoms with Crippen LogP contribution in [0.5, 0.6) is 5.75 Å². The number of thiophene rings is 1. The fourth-order valence-electron chi connectivity index (χ4n) is 2.79. The van der Waals surface area contributed by atoms with Crippen LogP contribution in [0.2, 0.25) is 0 Å². The first-order valence-electron chi connectivity index (χ1n) is 7.42. The van der Waals surface area contributed by atoms with Crippen LogP contribution >= 0.6 is 11.3 Å². The fourth-order valence-corrected chi connectivity index (χ4v) is 3.42. The topological polar surface area (TPSA) is 29.5 Å². The van der Waals surface area contributed by atoms with E-state index in [1.807, 2.05) is 29.2 Å². The molecule has 0 bridgehead atoms. The Morgan fingerprint density at radius 3 is 3.00 bits per heavy atom. The predicted octanol–water partition coefficient (Wildman–Crippen LogP) is 4.21. The maximum atomic E-state index is 12.6. The highest BCUT2D eigenvalue weighted by Crippen LogP contribution is 2.33. The largest absolute Gasteiger partial charge is 0.495 e. The first-order chi connectivity index (χ1) is 10.8. The van der Waals surface area contributed by atoms with Gasteiger partial charge in [0.25, 0.3) is 0 Å². The van der Waals surface area contributed by atoms with Crippen molar-refractivity contribution in [3.63, 3.8) is 0 Å². The first kappa shape index (κ1) is 14.9. The summed E-state index contributed by atoms with van der Waals surface area (Å²) < 4.78 is 5.36. The monoisotopic (exact) mass is 313 g/mol. The van der Waals surface area contributed by atoms with E-state index in [-0.39, 0.29) is 11.8 Å². The third-order valence-electron chi connectivity index (χ3n) is 3.97. The lowest BCUT2D eigenvalue weighted by molar-refractivity contribution is -0.120. The average Bonchev–Trinajstić information content (AvgIpc) is 3.18. The van der Waals surface area contributed by atoms with Crippen molar-refractivity contribution in [1.82, 2.24) is 0 Å². The van der Waals surface area contributed by atoms with Gasteiger partial charge in [0.15, 0.2) is 0 Å². The second-order valence-corrected chi connectivity index (χ2v) is 6.12. The molecule has 0 N–H and O–H groups in total. The highest BCUT2D eigenvalue weighted by molar-refractivity contribution is 7.08. The normalized spacial score (nSPS) is 18.3. The van der Waals surface area contributed by atoms with Crippen LogP contribution in [0.1, 0.15) is 18.4 Å². The second-order valence-electron chi connectivity index (χ2n) is 5.34. The number of carbonyl (C=O) groups is 1. The summed E-state index contributed by atoms with van der Waals surface area (Å²) in [7, 11) is 1.64. The van der Waals surface area contributed by atoms with Gasteiger partial charge in [-0.1, -0.05) is 24.3 Å². The van der Waals surface area contributed by atoms with Gasteiger partial charge in [-0.25, -0.2) is 0 Å². The molecule has 114 valence electrons. The van der Waals surface area contributed by atoms with Crippen molar-refractivity contribution in [2.45, 2.75) is 12.8 Å². The number of benzene rings is 1. The van der Waals surface area contributed by atoms with E-state index < -0.39 is 0 Å². The molecule has 0 spiro atoms. The lowest BCUT2D eigenvalue weighted by Gasteiger charge is -2.19. The smallest absolute Gasteiger partial charge is 0.230 e. The highest BCUT2D eigenvalue weighted by Gasteiger charge is 2.32. The van der Waals surface area contributed by atoms with Gasteiger partial charge in [-0.2, -0.15) is 11.3 Å². The molecule has 1 aromatic carbocycles. The van der Waals surface area contributed by atoms with Crippen LogP contribution < -0.4 is 9.64 Å². The Kier molecular flexibility index (Phi) is 4.59. The number of para-hydroxylation sites is 2. The molecule has 3 rings (SSSR count). The van der Waals surface area contributed by atoms with Crippen LogP contribution in [0.4, 0.5) is 5.69 Å². The number of hydrogen-bond donors (Lipinski definition) is 0. The van der Waals surface area contributed by atoms with Crippen LogP contribution in [-0.4, -0.2) is 19.6 Å². The van der Waals surface area contributed by atoms with Gasteiger partial charge < -0.3 is 9.64 Å². The molecule has 1 fully saturated rings. The fraction of sp³-hybridized carbons (Fsp3) is 0.278. The molecular formula is C18H19NO2S. The molecule has 2 heterocycles. The Labute approximate surface area is 134 Å². The first-order valence-corrected chi connectivity index (χ1v) is 8.37. The quantitative estimate of drug-likeness (QED) is 0.827. The van der Waals surface area contributed by atoms with E-state index in [2.05, 4.69) is 29.0 Å². The molecular weight excluding hydrogens is 294 g/mol. The summed E-state index contributed by atoms with van der Waals surface area (Å²) in [6, 6.07) is 9.78. The molecule has 4 heteroatoms. The lowest BCUT2D eigenvalue weighted by Crippen LogP contribution is -2.27. The SMILES string of the molecule is COc1ccccc1N1CCC(CC=Cc2ccsc2)C1=O. The summed E-state index contributed by atoms with van der Waals surface area (Å²) in [4.78, 5) is 14.5. The van der Waals surface area contributed by atoms with Crippen molar-refractivity contribution in [3.05, 3.63) is 52.7 Å². The Balaban J connectivity index is 1.67. The van der Waals surface area contributed by atoms with Gasteiger partial charge in [-0.3, -0.25) is 4.79 Å². The molecule has 2 aromatic rings. The van der Waals surface area contributed by atoms with Crippen molar-refractivity contribution in [3.8, 4) is 5.75 Å². The number of allylic oxidation sites excluding steroid dienone is 1. The van der Waals surface area contributed by atoms with Crippen LogP contribution in [0.15, 0.2) is 47.2 Å². The van der Waals surface area contributed by atoms with Crippen LogP contribution in [0, 0.1) is 5.92 Å². The number of methoxy groups -OCH3 is 1. The Bertz CT molecular complexity index is 663. The predicted molar refractivity (Wildman–Crippen MR) is 91.4 cm³/mol. The van der Waals surface area contributed by atoms with Gasteiger partial charge in [0, 0.05) is 12.5 Å². The second kappa shape index (κ2) is 6.79. The molecule has 3 nitrogen and oxygen atoms in total. The van der Waals surface area contributed by atoms with Crippen LogP contribution in [-0.2, 0) is 4.79 Å². The molecule has 0 radical (unpaired) electrons. The van der Waals surface area contributed by atoms with E-state index in [4.69, 9.17) is 4.74 Å². The van der Waals surface area contributed by atoms with Crippen molar-refractivity contribution in [1.29, 1.82) is 0 Å². The minimum Gasteiger partial charge on any atom is -0.495 e. The van der Waals surface area contributed by atoms with Crippen molar-refractivity contribution < 1.29 is 9.53 Å². The number of nitrogens with zero attached hydrogens (tertiary/aromatic N) is 1. The minimum absolute atomic E-state index is 0.0693. The number of hydrogen-bond acceptors (Lipinski definition) is 3. The minimum atomic E-state index is 0.0693. The van der Waals surface area contributed by atoms with Crippen LogP contribution in [0.3, 0.4) is 0 Å². The summed E-state index contributed by atoms with van der Waals surface area (Å²) in [6.07, 6.45) is 5.89. The van der Waals surface area contributed by atoms with E-state index in [0.717, 1.165) is 30.8 Å². The molecule has 1 aromatic heterocycles. The summed E-state index contributed by atoms with van der Waals surface area (Å²) in [5, 5.41) is 4.16. The van der Waals surface area contributed by atoms with E-state index in [0.29, 0.717) is 0 Å². The van der Waals surface area contributed by atoms with E-state index in [9.17, 15) is 4.79 Å². The van der Waals surface area contributed by atoms with Gasteiger partial charge in [-0.15, -0.1) is 0 Å². The number of rotatable bonds is 5. The lowest BCUT2D eigenvalue weighted by atomic mass is 10.0. The number of amides is 1. The van der Waals surface area contributed by atoms with Crippen LogP contribution in [0.25, 0.3) is 6.08 Å². The highest BCUT2D eigenvalue weighted by atomic mass is 32.1. The number of anilines is 1. The molecule has 1 atom stereocenters. The Morgan fingerprint density at radius 1 is 1.36 bits per heavy atom. The summed E-state index contributed by atoms with van der Waals surface area (Å²) in [6.45, 7) is 0.760. The van der Waals surface area contributed by atoms with Crippen molar-refractivity contribution in [2.75, 3.05) is 18.6 Å². The standard InChI is InChI=1S/C18H19NO2S/c1-21-17-8-3-2-7-16(17)19-11-9-15(18(19)20)6-4-5-14-10-12-22-13-14/h2-5,7-8,10,12-13,15H,6,9,11H2,1H3.